The molecule has 112 valence electrons. The molecule has 0 aromatic carbocycles. The molecule has 2 rings (SSSR count). The molecule has 1 amide bonds. The van der Waals surface area contributed by atoms with E-state index in [0.29, 0.717) is 16.6 Å². The van der Waals surface area contributed by atoms with Crippen LogP contribution in [0.25, 0.3) is 0 Å². The smallest absolute Gasteiger partial charge is 0.265 e. The largest absolute Gasteiger partial charge is 0.382 e. The van der Waals surface area contributed by atoms with Crippen molar-refractivity contribution < 1.29 is 4.79 Å². The number of nitrogen functional groups attached to an aromatic ring is 1. The van der Waals surface area contributed by atoms with Gasteiger partial charge in [0.2, 0.25) is 0 Å². The van der Waals surface area contributed by atoms with Crippen LogP contribution in [0.1, 0.15) is 49.7 Å². The summed E-state index contributed by atoms with van der Waals surface area (Å²) in [6.45, 7) is 8.19. The highest BCUT2D eigenvalue weighted by molar-refractivity contribution is 7.18. The molecule has 1 saturated heterocycles. The van der Waals surface area contributed by atoms with Gasteiger partial charge in [0.25, 0.3) is 5.91 Å². The van der Waals surface area contributed by atoms with Crippen LogP contribution in [0.5, 0.6) is 0 Å². The fourth-order valence-corrected chi connectivity index (χ4v) is 3.08. The van der Waals surface area contributed by atoms with E-state index < -0.39 is 0 Å². The summed E-state index contributed by atoms with van der Waals surface area (Å²) in [5.74, 6) is 0.642. The van der Waals surface area contributed by atoms with Crippen LogP contribution in [-0.2, 0) is 0 Å². The van der Waals surface area contributed by atoms with Gasteiger partial charge in [0, 0.05) is 19.1 Å². The number of carbonyl (C=O) groups excluding carboxylic acids is 1. The second kappa shape index (κ2) is 6.43. The predicted molar refractivity (Wildman–Crippen MR) is 84.4 cm³/mol. The van der Waals surface area contributed by atoms with Gasteiger partial charge in [-0.2, -0.15) is 0 Å². The molecule has 20 heavy (non-hydrogen) atoms. The highest BCUT2D eigenvalue weighted by Crippen LogP contribution is 2.30. The zero-order valence-corrected chi connectivity index (χ0v) is 13.3. The molecular formula is C14H24N4OS. The van der Waals surface area contributed by atoms with Crippen LogP contribution in [0.4, 0.5) is 10.9 Å². The Labute approximate surface area is 124 Å². The van der Waals surface area contributed by atoms with Crippen molar-refractivity contribution in [2.45, 2.75) is 46.1 Å². The van der Waals surface area contributed by atoms with Crippen LogP contribution in [0.3, 0.4) is 0 Å². The summed E-state index contributed by atoms with van der Waals surface area (Å²) in [6.07, 6.45) is 3.65. The van der Waals surface area contributed by atoms with Crippen LogP contribution >= 0.6 is 11.3 Å². The SMILES string of the molecule is CC(C)C(C)NC(=O)c1sc(N2CCCCC2)nc1N. The van der Waals surface area contributed by atoms with E-state index >= 15 is 0 Å². The predicted octanol–water partition coefficient (Wildman–Crippen LogP) is 2.49. The third-order valence-electron chi connectivity index (χ3n) is 3.83. The molecule has 2 heterocycles. The number of anilines is 2. The summed E-state index contributed by atoms with van der Waals surface area (Å²) >= 11 is 1.41. The fourth-order valence-electron chi connectivity index (χ4n) is 2.14. The minimum absolute atomic E-state index is 0.107. The molecule has 0 bridgehead atoms. The molecule has 1 fully saturated rings. The molecule has 6 heteroatoms. The normalized spacial score (nSPS) is 17.3. The Hall–Kier alpha value is -1.30. The molecule has 1 atom stereocenters. The molecule has 1 aromatic heterocycles. The minimum atomic E-state index is -0.107. The maximum Gasteiger partial charge on any atom is 0.265 e. The Morgan fingerprint density at radius 1 is 1.30 bits per heavy atom. The molecule has 1 aromatic rings. The lowest BCUT2D eigenvalue weighted by Crippen LogP contribution is -2.36. The number of aromatic nitrogens is 1. The lowest BCUT2D eigenvalue weighted by Gasteiger charge is -2.25. The summed E-state index contributed by atoms with van der Waals surface area (Å²) in [5.41, 5.74) is 5.91. The average Bonchev–Trinajstić information content (AvgIpc) is 2.81. The van der Waals surface area contributed by atoms with Crippen molar-refractivity contribution in [1.82, 2.24) is 10.3 Å². The van der Waals surface area contributed by atoms with Crippen LogP contribution in [0.15, 0.2) is 0 Å². The zero-order chi connectivity index (χ0) is 14.7. The molecule has 1 aliphatic heterocycles. The van der Waals surface area contributed by atoms with Gasteiger partial charge in [-0.25, -0.2) is 4.98 Å². The number of carbonyl (C=O) groups is 1. The molecule has 0 spiro atoms. The van der Waals surface area contributed by atoms with Crippen LogP contribution < -0.4 is 16.0 Å². The first-order valence-corrected chi connectivity index (χ1v) is 8.12. The van der Waals surface area contributed by atoms with E-state index in [1.54, 1.807) is 0 Å². The highest BCUT2D eigenvalue weighted by Gasteiger charge is 2.22. The van der Waals surface area contributed by atoms with E-state index in [1.807, 2.05) is 6.92 Å². The second-order valence-electron chi connectivity index (χ2n) is 5.76. The van der Waals surface area contributed by atoms with Crippen molar-refractivity contribution in [1.29, 1.82) is 0 Å². The molecule has 5 nitrogen and oxygen atoms in total. The maximum atomic E-state index is 12.2. The van der Waals surface area contributed by atoms with Gasteiger partial charge in [-0.3, -0.25) is 4.79 Å². The van der Waals surface area contributed by atoms with Gasteiger partial charge < -0.3 is 16.0 Å². The number of nitrogens with zero attached hydrogens (tertiary/aromatic N) is 2. The lowest BCUT2D eigenvalue weighted by atomic mass is 10.1. The number of hydrogen-bond acceptors (Lipinski definition) is 5. The van der Waals surface area contributed by atoms with Gasteiger partial charge in [-0.15, -0.1) is 0 Å². The van der Waals surface area contributed by atoms with Gasteiger partial charge in [0.15, 0.2) is 5.13 Å². The standard InChI is InChI=1S/C14H24N4OS/c1-9(2)10(3)16-13(19)11-12(15)17-14(20-11)18-7-5-4-6-8-18/h9-10H,4-8,15H2,1-3H3,(H,16,19). The Balaban J connectivity index is 2.08. The van der Waals surface area contributed by atoms with Crippen LogP contribution in [0, 0.1) is 5.92 Å². The third kappa shape index (κ3) is 3.42. The van der Waals surface area contributed by atoms with Crippen molar-refractivity contribution in [3.63, 3.8) is 0 Å². The van der Waals surface area contributed by atoms with Gasteiger partial charge in [-0.05, 0) is 32.1 Å². The number of nitrogens with two attached hydrogens (primary N) is 1. The quantitative estimate of drug-likeness (QED) is 0.895. The highest BCUT2D eigenvalue weighted by atomic mass is 32.1. The molecule has 3 N–H and O–H groups in total. The lowest BCUT2D eigenvalue weighted by molar-refractivity contribution is 0.0935. The van der Waals surface area contributed by atoms with Crippen molar-refractivity contribution >= 4 is 28.2 Å². The number of amides is 1. The molecule has 0 aliphatic carbocycles. The molecule has 0 radical (unpaired) electrons. The van der Waals surface area contributed by atoms with E-state index in [0.717, 1.165) is 18.2 Å². The van der Waals surface area contributed by atoms with Crippen molar-refractivity contribution in [3.8, 4) is 0 Å². The summed E-state index contributed by atoms with van der Waals surface area (Å²) in [7, 11) is 0. The van der Waals surface area contributed by atoms with Gasteiger partial charge >= 0.3 is 0 Å². The van der Waals surface area contributed by atoms with Crippen molar-refractivity contribution in [3.05, 3.63) is 4.88 Å². The summed E-state index contributed by atoms with van der Waals surface area (Å²) in [5, 5.41) is 3.86. The van der Waals surface area contributed by atoms with Crippen LogP contribution in [0.2, 0.25) is 0 Å². The van der Waals surface area contributed by atoms with Gasteiger partial charge in [-0.1, -0.05) is 25.2 Å². The van der Waals surface area contributed by atoms with Crippen molar-refractivity contribution in [2.75, 3.05) is 23.7 Å². The third-order valence-corrected chi connectivity index (χ3v) is 4.96. The Morgan fingerprint density at radius 2 is 1.95 bits per heavy atom. The van der Waals surface area contributed by atoms with Gasteiger partial charge in [0.05, 0.1) is 0 Å². The summed E-state index contributed by atoms with van der Waals surface area (Å²) < 4.78 is 0. The van der Waals surface area contributed by atoms with Gasteiger partial charge in [0.1, 0.15) is 10.7 Å². The minimum Gasteiger partial charge on any atom is -0.382 e. The van der Waals surface area contributed by atoms with Crippen LogP contribution in [-0.4, -0.2) is 30.0 Å². The Bertz CT molecular complexity index is 466. The molecular weight excluding hydrogens is 272 g/mol. The number of hydrogen-bond donors (Lipinski definition) is 2. The van der Waals surface area contributed by atoms with E-state index in [2.05, 4.69) is 29.0 Å². The number of thiazole rings is 1. The summed E-state index contributed by atoms with van der Waals surface area (Å²) in [6, 6.07) is 0.127. The first-order chi connectivity index (χ1) is 9.49. The average molecular weight is 296 g/mol. The summed E-state index contributed by atoms with van der Waals surface area (Å²) in [4.78, 5) is 19.4. The number of rotatable bonds is 4. The van der Waals surface area contributed by atoms with E-state index in [1.165, 1.54) is 30.6 Å². The molecule has 1 unspecified atom stereocenters. The fraction of sp³-hybridized carbons (Fsp3) is 0.714. The van der Waals surface area contributed by atoms with E-state index in [-0.39, 0.29) is 11.9 Å². The first-order valence-electron chi connectivity index (χ1n) is 7.31. The van der Waals surface area contributed by atoms with Crippen molar-refractivity contribution in [2.24, 2.45) is 5.92 Å². The number of nitrogens with one attached hydrogen (secondary N) is 1. The van der Waals surface area contributed by atoms with E-state index in [4.69, 9.17) is 5.73 Å². The van der Waals surface area contributed by atoms with E-state index in [9.17, 15) is 4.79 Å². The zero-order valence-electron chi connectivity index (χ0n) is 12.5. The second-order valence-corrected chi connectivity index (χ2v) is 6.74. The Morgan fingerprint density at radius 3 is 2.55 bits per heavy atom. The topological polar surface area (TPSA) is 71.2 Å². The number of piperidine rings is 1. The molecule has 1 aliphatic rings. The first kappa shape index (κ1) is 15.1. The monoisotopic (exact) mass is 296 g/mol. The molecule has 0 saturated carbocycles. The Kier molecular flexibility index (Phi) is 4.86. The maximum absolute atomic E-state index is 12.2.